The number of esters is 1. The largest absolute Gasteiger partial charge is 1.00 e. The number of hydrogen-bond acceptors (Lipinski definition) is 3. The van der Waals surface area contributed by atoms with Crippen LogP contribution in [0.5, 0.6) is 0 Å². The van der Waals surface area contributed by atoms with Crippen molar-refractivity contribution >= 4 is 34.7 Å². The molecule has 0 heterocycles. The van der Waals surface area contributed by atoms with E-state index in [4.69, 9.17) is 4.74 Å². The zero-order valence-electron chi connectivity index (χ0n) is 11.0. The Bertz CT molecular complexity index is 170. The van der Waals surface area contributed by atoms with Gasteiger partial charge in [-0.1, -0.05) is 0 Å². The maximum absolute atomic E-state index is 11.3. The van der Waals surface area contributed by atoms with Gasteiger partial charge in [-0.25, -0.2) is 0 Å². The van der Waals surface area contributed by atoms with E-state index in [1.165, 1.54) is 19.3 Å². The van der Waals surface area contributed by atoms with Gasteiger partial charge in [-0.3, -0.25) is 0 Å². The molecule has 90 valence electrons. The van der Waals surface area contributed by atoms with Crippen LogP contribution in [-0.2, 0) is 9.53 Å². The summed E-state index contributed by atoms with van der Waals surface area (Å²) < 4.78 is 5.26. The van der Waals surface area contributed by atoms with Crippen molar-refractivity contribution in [2.75, 3.05) is 12.4 Å². The van der Waals surface area contributed by atoms with Crippen LogP contribution in [0.4, 0.5) is 0 Å². The first-order valence-corrected chi connectivity index (χ1v) is 13.0. The van der Waals surface area contributed by atoms with Gasteiger partial charge in [-0.15, -0.1) is 0 Å². The van der Waals surface area contributed by atoms with Crippen molar-refractivity contribution in [3.05, 3.63) is 0 Å². The second-order valence-corrected chi connectivity index (χ2v) is 10.5. The number of hydrogen-bond donors (Lipinski definition) is 0. The van der Waals surface area contributed by atoms with E-state index in [0.717, 1.165) is 6.42 Å². The summed E-state index contributed by atoms with van der Waals surface area (Å²) in [5.74, 6) is 1.13. The van der Waals surface area contributed by atoms with Crippen LogP contribution >= 0.6 is 8.95 Å². The van der Waals surface area contributed by atoms with Crippen LogP contribution in [0, 0.1) is 5.92 Å². The molecule has 0 fully saturated rings. The summed E-state index contributed by atoms with van der Waals surface area (Å²) in [5.41, 5.74) is 0. The fourth-order valence-electron chi connectivity index (χ4n) is 1.28. The minimum atomic E-state index is -0.301. The molecular formula is C11H23O2SSn-. The molecule has 0 aromatic rings. The summed E-state index contributed by atoms with van der Waals surface area (Å²) in [6.07, 6.45) is 4.78. The summed E-state index contributed by atoms with van der Waals surface area (Å²) in [4.78, 5) is 13.5. The molecule has 2 nitrogen and oxygen atoms in total. The number of rotatable bonds is 9. The first-order valence-electron chi connectivity index (χ1n) is 5.68. The minimum absolute atomic E-state index is 0. The molecule has 2 radical (unpaired) electrons. The number of carbonyl (C=O) groups excluding carboxylic acids is 1. The predicted octanol–water partition coefficient (Wildman–Crippen LogP) is 3.26. The van der Waals surface area contributed by atoms with Gasteiger partial charge in [0.25, 0.3) is 0 Å². The van der Waals surface area contributed by atoms with Crippen LogP contribution in [-0.4, -0.2) is 38.1 Å². The SMILES string of the molecule is CCCCC(CC)COC(=O)C[S][Sn][CH3].[3H-]. The maximum atomic E-state index is 11.3. The molecule has 1 unspecified atom stereocenters. The van der Waals surface area contributed by atoms with E-state index in [-0.39, 0.29) is 27.2 Å². The van der Waals surface area contributed by atoms with Gasteiger partial charge in [0.1, 0.15) is 0 Å². The van der Waals surface area contributed by atoms with Crippen LogP contribution in [0.3, 0.4) is 0 Å². The molecule has 0 saturated heterocycles. The predicted molar refractivity (Wildman–Crippen MR) is 69.5 cm³/mol. The Labute approximate surface area is 108 Å². The van der Waals surface area contributed by atoms with Crippen LogP contribution in [0.2, 0.25) is 4.94 Å². The fourth-order valence-corrected chi connectivity index (χ4v) is 3.87. The third kappa shape index (κ3) is 9.54. The van der Waals surface area contributed by atoms with Crippen molar-refractivity contribution in [3.8, 4) is 0 Å². The Morgan fingerprint density at radius 1 is 1.53 bits per heavy atom. The second kappa shape index (κ2) is 11.1. The van der Waals surface area contributed by atoms with E-state index in [1.54, 1.807) is 8.95 Å². The zero-order valence-corrected chi connectivity index (χ0v) is 13.7. The van der Waals surface area contributed by atoms with Gasteiger partial charge in [0, 0.05) is 0 Å². The van der Waals surface area contributed by atoms with Gasteiger partial charge in [0.05, 0.1) is 0 Å². The topological polar surface area (TPSA) is 26.3 Å². The molecule has 0 aromatic carbocycles. The Hall–Kier alpha value is 0.619. The van der Waals surface area contributed by atoms with Gasteiger partial charge in [0.15, 0.2) is 0 Å². The van der Waals surface area contributed by atoms with E-state index in [9.17, 15) is 4.79 Å². The van der Waals surface area contributed by atoms with E-state index in [0.29, 0.717) is 18.3 Å². The average Bonchev–Trinajstić information content (AvgIpc) is 2.26. The molecule has 1 atom stereocenters. The number of unbranched alkanes of at least 4 members (excludes halogenated alkanes) is 1. The third-order valence-electron chi connectivity index (χ3n) is 2.36. The average molecular weight is 340 g/mol. The van der Waals surface area contributed by atoms with Crippen molar-refractivity contribution in [3.63, 3.8) is 0 Å². The van der Waals surface area contributed by atoms with Crippen LogP contribution < -0.4 is 0 Å². The Morgan fingerprint density at radius 3 is 2.80 bits per heavy atom. The molecule has 0 saturated carbocycles. The molecule has 0 aliphatic rings. The monoisotopic (exact) mass is 341 g/mol. The van der Waals surface area contributed by atoms with E-state index < -0.39 is 0 Å². The van der Waals surface area contributed by atoms with Crippen molar-refractivity contribution in [2.24, 2.45) is 5.92 Å². The summed E-state index contributed by atoms with van der Waals surface area (Å²) in [7, 11) is 1.79. The third-order valence-corrected chi connectivity index (χ3v) is 6.73. The normalized spacial score (nSPS) is 12.5. The van der Waals surface area contributed by atoms with Crippen molar-refractivity contribution in [2.45, 2.75) is 44.5 Å². The van der Waals surface area contributed by atoms with Gasteiger partial charge in [0.2, 0.25) is 0 Å². The molecule has 0 amide bonds. The minimum Gasteiger partial charge on any atom is -1.00 e. The maximum Gasteiger partial charge on any atom is -1.00 e. The summed E-state index contributed by atoms with van der Waals surface area (Å²) in [6.45, 7) is 5.00. The van der Waals surface area contributed by atoms with Crippen LogP contribution in [0.1, 0.15) is 41.0 Å². The standard InChI is InChI=1S/C10H20O2S.CH3.Sn.H/c1-3-5-6-9(4-2)7-12-10(11)8-13;;;/h9,13H,3-8H2,1-2H3;1H3;;/q;;+1;-1/p-1/i;;;1+2. The first-order chi connectivity index (χ1) is 7.24. The molecule has 0 N–H and O–H groups in total. The Kier molecular flexibility index (Phi) is 11.6. The zero-order chi connectivity index (χ0) is 11.5. The van der Waals surface area contributed by atoms with Crippen LogP contribution in [0.25, 0.3) is 0 Å². The number of ether oxygens (including phenoxy) is 1. The molecule has 0 bridgehead atoms. The smallest absolute Gasteiger partial charge is 1.00 e. The van der Waals surface area contributed by atoms with Crippen molar-refractivity contribution < 1.29 is 11.0 Å². The Balaban J connectivity index is 0. The molecule has 0 rings (SSSR count). The summed E-state index contributed by atoms with van der Waals surface area (Å²) in [6, 6.07) is 0. The molecule has 0 aliphatic heterocycles. The van der Waals surface area contributed by atoms with E-state index in [1.807, 2.05) is 0 Å². The molecular weight excluding hydrogens is 315 g/mol. The van der Waals surface area contributed by atoms with Crippen LogP contribution in [0.15, 0.2) is 0 Å². The molecule has 0 aliphatic carbocycles. The number of carbonyl (C=O) groups is 1. The van der Waals surface area contributed by atoms with E-state index >= 15 is 0 Å². The molecule has 15 heavy (non-hydrogen) atoms. The second-order valence-electron chi connectivity index (χ2n) is 3.59. The van der Waals surface area contributed by atoms with Crippen molar-refractivity contribution in [1.29, 1.82) is 0 Å². The summed E-state index contributed by atoms with van der Waals surface area (Å²) in [5, 5.41) is 0. The van der Waals surface area contributed by atoms with Gasteiger partial charge in [-0.2, -0.15) is 0 Å². The van der Waals surface area contributed by atoms with E-state index in [2.05, 4.69) is 18.8 Å². The van der Waals surface area contributed by atoms with Gasteiger partial charge in [-0.05, 0) is 0 Å². The fraction of sp³-hybridized carbons (Fsp3) is 0.909. The first kappa shape index (κ1) is 15.6. The van der Waals surface area contributed by atoms with Gasteiger partial charge < -0.3 is 1.43 Å². The Morgan fingerprint density at radius 2 is 2.27 bits per heavy atom. The van der Waals surface area contributed by atoms with Crippen molar-refractivity contribution in [1.82, 2.24) is 0 Å². The van der Waals surface area contributed by atoms with Gasteiger partial charge >= 0.3 is 107 Å². The molecule has 0 spiro atoms. The molecule has 0 aromatic heterocycles. The summed E-state index contributed by atoms with van der Waals surface area (Å²) >= 11 is -0.301. The quantitative estimate of drug-likeness (QED) is 0.476. The molecule has 4 heteroatoms.